The molecule has 0 bridgehead atoms. The maximum Gasteiger partial charge on any atom is 0.310 e. The van der Waals surface area contributed by atoms with Gasteiger partial charge in [-0.25, -0.2) is 4.98 Å². The monoisotopic (exact) mass is 335 g/mol. The zero-order valence-corrected chi connectivity index (χ0v) is 13.1. The number of rotatable bonds is 3. The molecule has 6 heteroatoms. The number of carbonyl (C=O) groups is 1. The van der Waals surface area contributed by atoms with Crippen molar-refractivity contribution in [3.63, 3.8) is 0 Å². The molecule has 4 nitrogen and oxygen atoms in total. The van der Waals surface area contributed by atoms with E-state index in [1.807, 2.05) is 6.07 Å². The Morgan fingerprint density at radius 1 is 1.27 bits per heavy atom. The largest absolute Gasteiger partial charge is 0.469 e. The summed E-state index contributed by atoms with van der Waals surface area (Å²) < 4.78 is 10.4. The molecule has 0 N–H and O–H groups in total. The van der Waals surface area contributed by atoms with Crippen LogP contribution in [0.4, 0.5) is 0 Å². The number of halogens is 2. The second-order valence-electron chi connectivity index (χ2n) is 4.66. The third-order valence-electron chi connectivity index (χ3n) is 3.22. The van der Waals surface area contributed by atoms with Crippen molar-refractivity contribution < 1.29 is 13.9 Å². The van der Waals surface area contributed by atoms with E-state index >= 15 is 0 Å². The number of ether oxygens (including phenoxy) is 1. The molecule has 1 aromatic heterocycles. The number of carbonyl (C=O) groups excluding carboxylic acids is 1. The molecule has 0 unspecified atom stereocenters. The van der Waals surface area contributed by atoms with Crippen LogP contribution < -0.4 is 0 Å². The molecule has 2 aromatic carbocycles. The molecule has 0 saturated carbocycles. The Morgan fingerprint density at radius 2 is 2.09 bits per heavy atom. The molecular weight excluding hydrogens is 325 g/mol. The number of hydrogen-bond acceptors (Lipinski definition) is 4. The molecule has 0 saturated heterocycles. The van der Waals surface area contributed by atoms with Gasteiger partial charge in [-0.3, -0.25) is 4.79 Å². The number of benzene rings is 2. The summed E-state index contributed by atoms with van der Waals surface area (Å²) in [5.41, 5.74) is 2.53. The van der Waals surface area contributed by atoms with Crippen LogP contribution in [-0.2, 0) is 16.0 Å². The molecule has 22 heavy (non-hydrogen) atoms. The fourth-order valence-electron chi connectivity index (χ4n) is 2.15. The van der Waals surface area contributed by atoms with E-state index < -0.39 is 0 Å². The van der Waals surface area contributed by atoms with Gasteiger partial charge in [0.25, 0.3) is 0 Å². The molecule has 3 rings (SSSR count). The Hall–Kier alpha value is -2.04. The van der Waals surface area contributed by atoms with Crippen LogP contribution in [0.3, 0.4) is 0 Å². The lowest BCUT2D eigenvalue weighted by Gasteiger charge is -1.99. The van der Waals surface area contributed by atoms with E-state index in [1.165, 1.54) is 7.11 Å². The van der Waals surface area contributed by atoms with Crippen molar-refractivity contribution in [3.05, 3.63) is 52.0 Å². The molecule has 0 fully saturated rings. The first kappa shape index (κ1) is 14.9. The lowest BCUT2D eigenvalue weighted by molar-refractivity contribution is -0.139. The molecule has 0 aliphatic heterocycles. The molecule has 0 radical (unpaired) electrons. The van der Waals surface area contributed by atoms with E-state index in [0.29, 0.717) is 32.6 Å². The van der Waals surface area contributed by atoms with Gasteiger partial charge < -0.3 is 9.15 Å². The number of nitrogens with zero attached hydrogens (tertiary/aromatic N) is 1. The summed E-state index contributed by atoms with van der Waals surface area (Å²) >= 11 is 12.2. The standard InChI is InChI=1S/C16H11Cl2NO3/c1-21-14(20)7-9-3-2-4-13-15(9)19-16(22-13)11-8-10(17)5-6-12(11)18/h2-6,8H,7H2,1H3. The first-order valence-electron chi connectivity index (χ1n) is 6.49. The summed E-state index contributed by atoms with van der Waals surface area (Å²) in [7, 11) is 1.35. The minimum atomic E-state index is -0.335. The number of fused-ring (bicyclic) bond motifs is 1. The van der Waals surface area contributed by atoms with Gasteiger partial charge in [0.05, 0.1) is 24.1 Å². The third kappa shape index (κ3) is 2.80. The van der Waals surface area contributed by atoms with Crippen LogP contribution >= 0.6 is 23.2 Å². The first-order chi connectivity index (χ1) is 10.6. The smallest absolute Gasteiger partial charge is 0.310 e. The second-order valence-corrected chi connectivity index (χ2v) is 5.50. The first-order valence-corrected chi connectivity index (χ1v) is 7.25. The van der Waals surface area contributed by atoms with Crippen molar-refractivity contribution in [2.24, 2.45) is 0 Å². The van der Waals surface area contributed by atoms with Gasteiger partial charge in [0.2, 0.25) is 5.89 Å². The fraction of sp³-hybridized carbons (Fsp3) is 0.125. The molecule has 0 atom stereocenters. The molecule has 0 amide bonds. The van der Waals surface area contributed by atoms with E-state index in [-0.39, 0.29) is 12.4 Å². The highest BCUT2D eigenvalue weighted by atomic mass is 35.5. The Bertz CT molecular complexity index is 858. The van der Waals surface area contributed by atoms with E-state index in [2.05, 4.69) is 4.98 Å². The highest BCUT2D eigenvalue weighted by Crippen LogP contribution is 2.33. The molecule has 3 aromatic rings. The van der Waals surface area contributed by atoms with E-state index in [4.69, 9.17) is 32.4 Å². The average molecular weight is 336 g/mol. The van der Waals surface area contributed by atoms with Gasteiger partial charge in [0.1, 0.15) is 5.52 Å². The molecule has 0 spiro atoms. The second kappa shape index (κ2) is 5.99. The maximum atomic E-state index is 11.5. The van der Waals surface area contributed by atoms with Crippen molar-refractivity contribution in [1.82, 2.24) is 4.98 Å². The fourth-order valence-corrected chi connectivity index (χ4v) is 2.52. The minimum absolute atomic E-state index is 0.128. The predicted molar refractivity (Wildman–Crippen MR) is 85.2 cm³/mol. The SMILES string of the molecule is COC(=O)Cc1cccc2oc(-c3cc(Cl)ccc3Cl)nc12. The molecular formula is C16H11Cl2NO3. The molecule has 0 aliphatic carbocycles. The van der Waals surface area contributed by atoms with E-state index in [9.17, 15) is 4.79 Å². The number of para-hydroxylation sites is 1. The van der Waals surface area contributed by atoms with E-state index in [0.717, 1.165) is 5.56 Å². The van der Waals surface area contributed by atoms with Crippen LogP contribution in [-0.4, -0.2) is 18.1 Å². The van der Waals surface area contributed by atoms with Crippen LogP contribution in [0.25, 0.3) is 22.6 Å². The highest BCUT2D eigenvalue weighted by molar-refractivity contribution is 6.35. The minimum Gasteiger partial charge on any atom is -0.469 e. The van der Waals surface area contributed by atoms with Gasteiger partial charge in [-0.15, -0.1) is 0 Å². The van der Waals surface area contributed by atoms with Crippen LogP contribution in [0.5, 0.6) is 0 Å². The van der Waals surface area contributed by atoms with E-state index in [1.54, 1.807) is 30.3 Å². The Labute approximate surface area is 136 Å². The predicted octanol–water partition coefficient (Wildman–Crippen LogP) is 4.52. The molecule has 0 aliphatic rings. The summed E-state index contributed by atoms with van der Waals surface area (Å²) in [6.45, 7) is 0. The van der Waals surface area contributed by atoms with Crippen LogP contribution in [0.2, 0.25) is 10.0 Å². The van der Waals surface area contributed by atoms with Gasteiger partial charge in [-0.2, -0.15) is 0 Å². The van der Waals surface area contributed by atoms with Crippen molar-refractivity contribution >= 4 is 40.3 Å². The number of esters is 1. The number of aromatic nitrogens is 1. The van der Waals surface area contributed by atoms with Crippen LogP contribution in [0.15, 0.2) is 40.8 Å². The number of methoxy groups -OCH3 is 1. The van der Waals surface area contributed by atoms with Gasteiger partial charge in [-0.05, 0) is 29.8 Å². The zero-order valence-electron chi connectivity index (χ0n) is 11.6. The average Bonchev–Trinajstić information content (AvgIpc) is 2.94. The van der Waals surface area contributed by atoms with Gasteiger partial charge >= 0.3 is 5.97 Å². The summed E-state index contributed by atoms with van der Waals surface area (Å²) in [6.07, 6.45) is 0.128. The van der Waals surface area contributed by atoms with Crippen molar-refractivity contribution in [3.8, 4) is 11.5 Å². The topological polar surface area (TPSA) is 52.3 Å². The number of hydrogen-bond donors (Lipinski definition) is 0. The van der Waals surface area contributed by atoms with Gasteiger partial charge in [-0.1, -0.05) is 35.3 Å². The van der Waals surface area contributed by atoms with Crippen molar-refractivity contribution in [1.29, 1.82) is 0 Å². The lowest BCUT2D eigenvalue weighted by atomic mass is 10.1. The lowest BCUT2D eigenvalue weighted by Crippen LogP contribution is -2.04. The van der Waals surface area contributed by atoms with Crippen LogP contribution in [0, 0.1) is 0 Å². The summed E-state index contributed by atoms with van der Waals surface area (Å²) in [5, 5.41) is 1.03. The third-order valence-corrected chi connectivity index (χ3v) is 3.79. The summed E-state index contributed by atoms with van der Waals surface area (Å²) in [5.74, 6) is 0.0256. The normalized spacial score (nSPS) is 10.9. The quantitative estimate of drug-likeness (QED) is 0.660. The summed E-state index contributed by atoms with van der Waals surface area (Å²) in [6, 6.07) is 10.5. The summed E-state index contributed by atoms with van der Waals surface area (Å²) in [4.78, 5) is 15.9. The van der Waals surface area contributed by atoms with Crippen LogP contribution in [0.1, 0.15) is 5.56 Å². The Balaban J connectivity index is 2.12. The van der Waals surface area contributed by atoms with Crippen molar-refractivity contribution in [2.45, 2.75) is 6.42 Å². The number of oxazole rings is 1. The Morgan fingerprint density at radius 3 is 2.86 bits per heavy atom. The molecule has 112 valence electrons. The van der Waals surface area contributed by atoms with Crippen molar-refractivity contribution in [2.75, 3.05) is 7.11 Å². The zero-order chi connectivity index (χ0) is 15.7. The highest BCUT2D eigenvalue weighted by Gasteiger charge is 2.16. The maximum absolute atomic E-state index is 11.5. The van der Waals surface area contributed by atoms with Gasteiger partial charge in [0, 0.05) is 5.02 Å². The van der Waals surface area contributed by atoms with Gasteiger partial charge in [0.15, 0.2) is 5.58 Å². The molecule has 1 heterocycles. The Kier molecular flexibility index (Phi) is 4.05.